The van der Waals surface area contributed by atoms with E-state index in [1.165, 1.54) is 37.9 Å². The summed E-state index contributed by atoms with van der Waals surface area (Å²) in [6.45, 7) is 0. The number of aromatic nitrogens is 2. The van der Waals surface area contributed by atoms with Gasteiger partial charge in [0.15, 0.2) is 5.82 Å². The summed E-state index contributed by atoms with van der Waals surface area (Å²) in [4.78, 5) is 10.4. The summed E-state index contributed by atoms with van der Waals surface area (Å²) in [5, 5.41) is 9.69. The molecular formula is C52H32N2O. The van der Waals surface area contributed by atoms with Gasteiger partial charge in [0.1, 0.15) is 11.2 Å². The fourth-order valence-corrected chi connectivity index (χ4v) is 8.19. The average Bonchev–Trinajstić information content (AvgIpc) is 3.64. The lowest BCUT2D eigenvalue weighted by Crippen LogP contribution is -1.96. The predicted octanol–water partition coefficient (Wildman–Crippen LogP) is 14.2. The zero-order valence-electron chi connectivity index (χ0n) is 29.8. The van der Waals surface area contributed by atoms with E-state index >= 15 is 0 Å². The third-order valence-electron chi connectivity index (χ3n) is 10.8. The van der Waals surface area contributed by atoms with Crippen molar-refractivity contribution in [1.29, 1.82) is 0 Å². The monoisotopic (exact) mass is 700 g/mol. The van der Waals surface area contributed by atoms with E-state index in [0.717, 1.165) is 66.7 Å². The lowest BCUT2D eigenvalue weighted by Gasteiger charge is -2.15. The number of hydrogen-bond acceptors (Lipinski definition) is 3. The highest BCUT2D eigenvalue weighted by atomic mass is 16.3. The molecule has 0 amide bonds. The quantitative estimate of drug-likeness (QED) is 0.133. The number of nitrogens with zero attached hydrogens (tertiary/aromatic N) is 2. The molecule has 0 aliphatic carbocycles. The molecule has 3 heteroatoms. The van der Waals surface area contributed by atoms with E-state index in [4.69, 9.17) is 14.4 Å². The Morgan fingerprint density at radius 2 is 0.891 bits per heavy atom. The first-order valence-corrected chi connectivity index (χ1v) is 18.6. The van der Waals surface area contributed by atoms with E-state index in [0.29, 0.717) is 5.82 Å². The smallest absolute Gasteiger partial charge is 0.160 e. The molecule has 2 heterocycles. The van der Waals surface area contributed by atoms with Gasteiger partial charge in [-0.3, -0.25) is 0 Å². The summed E-state index contributed by atoms with van der Waals surface area (Å²) in [6, 6.07) is 68.7. The van der Waals surface area contributed by atoms with Crippen LogP contribution in [0.1, 0.15) is 0 Å². The normalized spacial score (nSPS) is 11.6. The standard InChI is InChI=1S/C52H32N2O/c1-2-13-34(14-3-1)52-53-47(38-17-10-16-35(28-38)36-25-27-50-46(30-36)43-22-8-9-23-49(43)55-50)32-48(54-52)39-18-11-19-40(29-39)51-42-21-7-5-15-37(42)31-45-41-20-6-4-12-33(41)24-26-44(45)51/h1-32H. The molecule has 0 aliphatic rings. The van der Waals surface area contributed by atoms with Crippen LogP contribution >= 0.6 is 0 Å². The molecular weight excluding hydrogens is 669 g/mol. The van der Waals surface area contributed by atoms with E-state index in [2.05, 4.69) is 164 Å². The first kappa shape index (κ1) is 31.2. The molecule has 0 N–H and O–H groups in total. The highest BCUT2D eigenvalue weighted by molar-refractivity contribution is 6.20. The molecule has 256 valence electrons. The summed E-state index contributed by atoms with van der Waals surface area (Å²) < 4.78 is 6.13. The highest BCUT2D eigenvalue weighted by Crippen LogP contribution is 2.41. The van der Waals surface area contributed by atoms with Crippen molar-refractivity contribution in [2.24, 2.45) is 0 Å². The van der Waals surface area contributed by atoms with Crippen molar-refractivity contribution >= 4 is 54.3 Å². The molecule has 55 heavy (non-hydrogen) atoms. The van der Waals surface area contributed by atoms with Crippen LogP contribution in [0.2, 0.25) is 0 Å². The molecule has 3 nitrogen and oxygen atoms in total. The van der Waals surface area contributed by atoms with Crippen molar-refractivity contribution in [3.8, 4) is 56.2 Å². The Labute approximate surface area is 317 Å². The van der Waals surface area contributed by atoms with E-state index in [-0.39, 0.29) is 0 Å². The molecule has 0 fully saturated rings. The summed E-state index contributed by atoms with van der Waals surface area (Å²) in [5.41, 5.74) is 11.2. The van der Waals surface area contributed by atoms with E-state index < -0.39 is 0 Å². The lowest BCUT2D eigenvalue weighted by molar-refractivity contribution is 0.669. The molecule has 0 saturated heterocycles. The van der Waals surface area contributed by atoms with Gasteiger partial charge >= 0.3 is 0 Å². The van der Waals surface area contributed by atoms with Crippen LogP contribution in [-0.4, -0.2) is 9.97 Å². The molecule has 0 bridgehead atoms. The van der Waals surface area contributed by atoms with Gasteiger partial charge in [-0.15, -0.1) is 0 Å². The average molecular weight is 701 g/mol. The molecule has 0 atom stereocenters. The maximum Gasteiger partial charge on any atom is 0.160 e. The molecule has 11 aromatic rings. The summed E-state index contributed by atoms with van der Waals surface area (Å²) in [6.07, 6.45) is 0. The van der Waals surface area contributed by atoms with Crippen LogP contribution in [-0.2, 0) is 0 Å². The van der Waals surface area contributed by atoms with Crippen LogP contribution in [0.5, 0.6) is 0 Å². The van der Waals surface area contributed by atoms with Gasteiger partial charge in [0, 0.05) is 27.5 Å². The molecule has 9 aromatic carbocycles. The Bertz CT molecular complexity index is 3270. The van der Waals surface area contributed by atoms with Gasteiger partial charge in [-0.1, -0.05) is 152 Å². The van der Waals surface area contributed by atoms with E-state index in [1.54, 1.807) is 0 Å². The minimum absolute atomic E-state index is 0.692. The van der Waals surface area contributed by atoms with Crippen LogP contribution in [0.4, 0.5) is 0 Å². The van der Waals surface area contributed by atoms with Gasteiger partial charge in [-0.2, -0.15) is 0 Å². The number of fused-ring (bicyclic) bond motifs is 7. The molecule has 0 unspecified atom stereocenters. The number of benzene rings is 9. The van der Waals surface area contributed by atoms with Crippen LogP contribution in [0.25, 0.3) is 110 Å². The van der Waals surface area contributed by atoms with Gasteiger partial charge in [-0.25, -0.2) is 9.97 Å². The van der Waals surface area contributed by atoms with Crippen LogP contribution in [0, 0.1) is 0 Å². The number of para-hydroxylation sites is 1. The Kier molecular flexibility index (Phi) is 7.17. The molecule has 0 saturated carbocycles. The predicted molar refractivity (Wildman–Crippen MR) is 229 cm³/mol. The van der Waals surface area contributed by atoms with Crippen LogP contribution in [0.15, 0.2) is 199 Å². The first-order chi connectivity index (χ1) is 27.2. The first-order valence-electron chi connectivity index (χ1n) is 18.6. The second kappa shape index (κ2) is 12.6. The van der Waals surface area contributed by atoms with Gasteiger partial charge in [0.25, 0.3) is 0 Å². The fraction of sp³-hybridized carbons (Fsp3) is 0. The van der Waals surface area contributed by atoms with Gasteiger partial charge in [0.05, 0.1) is 11.4 Å². The van der Waals surface area contributed by atoms with Crippen molar-refractivity contribution in [2.45, 2.75) is 0 Å². The Morgan fingerprint density at radius 3 is 1.71 bits per heavy atom. The fourth-order valence-electron chi connectivity index (χ4n) is 8.19. The second-order valence-electron chi connectivity index (χ2n) is 14.2. The third kappa shape index (κ3) is 5.36. The number of furan rings is 1. The molecule has 0 spiro atoms. The molecule has 11 rings (SSSR count). The Hall–Kier alpha value is -7.36. The van der Waals surface area contributed by atoms with Crippen LogP contribution in [0.3, 0.4) is 0 Å². The lowest BCUT2D eigenvalue weighted by atomic mass is 9.89. The number of hydrogen-bond donors (Lipinski definition) is 0. The minimum Gasteiger partial charge on any atom is -0.456 e. The summed E-state index contributed by atoms with van der Waals surface area (Å²) in [7, 11) is 0. The maximum atomic E-state index is 6.13. The zero-order chi connectivity index (χ0) is 36.3. The van der Waals surface area contributed by atoms with Crippen molar-refractivity contribution in [3.05, 3.63) is 194 Å². The molecule has 0 aliphatic heterocycles. The van der Waals surface area contributed by atoms with Crippen LogP contribution < -0.4 is 0 Å². The summed E-state index contributed by atoms with van der Waals surface area (Å²) in [5.74, 6) is 0.692. The minimum atomic E-state index is 0.692. The van der Waals surface area contributed by atoms with Crippen molar-refractivity contribution in [1.82, 2.24) is 9.97 Å². The molecule has 2 aromatic heterocycles. The second-order valence-corrected chi connectivity index (χ2v) is 14.2. The zero-order valence-corrected chi connectivity index (χ0v) is 29.8. The highest BCUT2D eigenvalue weighted by Gasteiger charge is 2.16. The van der Waals surface area contributed by atoms with Crippen molar-refractivity contribution in [3.63, 3.8) is 0 Å². The topological polar surface area (TPSA) is 38.9 Å². The SMILES string of the molecule is c1ccc(-c2nc(-c3cccc(-c4ccc5oc6ccccc6c5c4)c3)cc(-c3cccc(-c4c5ccccc5cc5c4ccc4ccccc45)c3)n2)cc1. The molecule has 0 radical (unpaired) electrons. The summed E-state index contributed by atoms with van der Waals surface area (Å²) >= 11 is 0. The van der Waals surface area contributed by atoms with E-state index in [1.807, 2.05) is 30.3 Å². The maximum absolute atomic E-state index is 6.13. The van der Waals surface area contributed by atoms with Crippen molar-refractivity contribution in [2.75, 3.05) is 0 Å². The van der Waals surface area contributed by atoms with E-state index in [9.17, 15) is 0 Å². The number of rotatable bonds is 5. The van der Waals surface area contributed by atoms with Gasteiger partial charge in [-0.05, 0) is 97.0 Å². The van der Waals surface area contributed by atoms with Gasteiger partial charge in [0.2, 0.25) is 0 Å². The van der Waals surface area contributed by atoms with Gasteiger partial charge < -0.3 is 4.42 Å². The largest absolute Gasteiger partial charge is 0.456 e. The Balaban J connectivity index is 1.07. The van der Waals surface area contributed by atoms with Crippen molar-refractivity contribution < 1.29 is 4.42 Å². The third-order valence-corrected chi connectivity index (χ3v) is 10.8. The Morgan fingerprint density at radius 1 is 0.291 bits per heavy atom.